The first-order chi connectivity index (χ1) is 8.60. The first kappa shape index (κ1) is 12.6. The van der Waals surface area contributed by atoms with Gasteiger partial charge in [0, 0.05) is 12.0 Å². The van der Waals surface area contributed by atoms with Gasteiger partial charge in [-0.1, -0.05) is 6.92 Å². The molecule has 0 aromatic carbocycles. The van der Waals surface area contributed by atoms with Crippen LogP contribution in [0.4, 0.5) is 6.01 Å². The second-order valence-corrected chi connectivity index (χ2v) is 4.58. The zero-order valence-electron chi connectivity index (χ0n) is 10.5. The van der Waals surface area contributed by atoms with Crippen molar-refractivity contribution in [3.63, 3.8) is 0 Å². The van der Waals surface area contributed by atoms with E-state index < -0.39 is 0 Å². The molecule has 1 atom stereocenters. The Morgan fingerprint density at radius 1 is 1.56 bits per heavy atom. The molecule has 1 unspecified atom stereocenters. The molecule has 98 valence electrons. The van der Waals surface area contributed by atoms with E-state index in [1.807, 2.05) is 13.8 Å². The largest absolute Gasteiger partial charge is 0.431 e. The molecule has 2 amide bonds. The van der Waals surface area contributed by atoms with Crippen molar-refractivity contribution in [3.05, 3.63) is 12.0 Å². The van der Waals surface area contributed by atoms with Crippen molar-refractivity contribution in [3.8, 4) is 0 Å². The lowest BCUT2D eigenvalue weighted by Crippen LogP contribution is -2.32. The lowest BCUT2D eigenvalue weighted by Gasteiger charge is -2.08. The van der Waals surface area contributed by atoms with Gasteiger partial charge in [0.15, 0.2) is 5.69 Å². The van der Waals surface area contributed by atoms with Crippen molar-refractivity contribution in [1.29, 1.82) is 0 Å². The highest BCUT2D eigenvalue weighted by Gasteiger charge is 2.30. The third kappa shape index (κ3) is 3.09. The van der Waals surface area contributed by atoms with Crippen LogP contribution in [0.3, 0.4) is 0 Å². The topological polar surface area (TPSA) is 84.2 Å². The van der Waals surface area contributed by atoms with Crippen LogP contribution in [0.15, 0.2) is 10.7 Å². The van der Waals surface area contributed by atoms with Crippen molar-refractivity contribution < 1.29 is 14.0 Å². The Labute approximate surface area is 105 Å². The number of anilines is 1. The average Bonchev–Trinajstić information content (AvgIpc) is 3.10. The average molecular weight is 251 g/mol. The van der Waals surface area contributed by atoms with Crippen molar-refractivity contribution in [2.75, 3.05) is 5.32 Å². The summed E-state index contributed by atoms with van der Waals surface area (Å²) in [6.07, 6.45) is 3.91. The molecule has 0 saturated heterocycles. The zero-order chi connectivity index (χ0) is 13.1. The summed E-state index contributed by atoms with van der Waals surface area (Å²) in [6.45, 7) is 3.89. The number of nitrogens with one attached hydrogen (secondary N) is 2. The number of amides is 2. The van der Waals surface area contributed by atoms with Gasteiger partial charge < -0.3 is 9.73 Å². The molecule has 1 aliphatic carbocycles. The molecule has 1 saturated carbocycles. The third-order valence-electron chi connectivity index (χ3n) is 2.90. The quantitative estimate of drug-likeness (QED) is 0.831. The standard InChI is InChI=1S/C12H17N3O3/c1-3-7(2)13-11(17)9-6-18-12(14-9)15-10(16)8-4-5-8/h6-8H,3-5H2,1-2H3,(H,13,17)(H,14,15,16). The molecule has 0 bridgehead atoms. The normalized spacial score (nSPS) is 16.1. The summed E-state index contributed by atoms with van der Waals surface area (Å²) >= 11 is 0. The number of oxazole rings is 1. The summed E-state index contributed by atoms with van der Waals surface area (Å²) in [5.41, 5.74) is 0.182. The van der Waals surface area contributed by atoms with Gasteiger partial charge in [-0.05, 0) is 26.2 Å². The van der Waals surface area contributed by atoms with Gasteiger partial charge in [0.25, 0.3) is 5.91 Å². The van der Waals surface area contributed by atoms with Crippen molar-refractivity contribution in [1.82, 2.24) is 10.3 Å². The van der Waals surface area contributed by atoms with Crippen LogP contribution in [0.5, 0.6) is 0 Å². The Balaban J connectivity index is 1.92. The first-order valence-corrected chi connectivity index (χ1v) is 6.17. The Bertz CT molecular complexity index is 451. The Kier molecular flexibility index (Phi) is 3.64. The number of nitrogens with zero attached hydrogens (tertiary/aromatic N) is 1. The fourth-order valence-electron chi connectivity index (χ4n) is 1.39. The van der Waals surface area contributed by atoms with Gasteiger partial charge in [0.05, 0.1) is 0 Å². The van der Waals surface area contributed by atoms with Gasteiger partial charge in [-0.25, -0.2) is 0 Å². The number of hydrogen-bond donors (Lipinski definition) is 2. The highest BCUT2D eigenvalue weighted by atomic mass is 16.4. The van der Waals surface area contributed by atoms with Crippen LogP contribution in [0.25, 0.3) is 0 Å². The molecule has 0 spiro atoms. The highest BCUT2D eigenvalue weighted by Crippen LogP contribution is 2.29. The molecule has 18 heavy (non-hydrogen) atoms. The second-order valence-electron chi connectivity index (χ2n) is 4.58. The summed E-state index contributed by atoms with van der Waals surface area (Å²) in [7, 11) is 0. The molecule has 0 radical (unpaired) electrons. The van der Waals surface area contributed by atoms with Crippen molar-refractivity contribution in [2.45, 2.75) is 39.2 Å². The van der Waals surface area contributed by atoms with E-state index in [9.17, 15) is 9.59 Å². The van der Waals surface area contributed by atoms with Gasteiger partial charge in [0.1, 0.15) is 6.26 Å². The number of aromatic nitrogens is 1. The second kappa shape index (κ2) is 5.20. The molecule has 1 fully saturated rings. The molecule has 0 aliphatic heterocycles. The molecule has 1 aromatic heterocycles. The van der Waals surface area contributed by atoms with Crippen LogP contribution in [-0.2, 0) is 4.79 Å². The SMILES string of the molecule is CCC(C)NC(=O)c1coc(NC(=O)C2CC2)n1. The van der Waals surface area contributed by atoms with Crippen molar-refractivity contribution in [2.24, 2.45) is 5.92 Å². The maximum atomic E-state index is 11.7. The van der Waals surface area contributed by atoms with E-state index in [4.69, 9.17) is 4.42 Å². The van der Waals surface area contributed by atoms with E-state index >= 15 is 0 Å². The molecular formula is C12H17N3O3. The molecule has 6 heteroatoms. The predicted molar refractivity (Wildman–Crippen MR) is 65.1 cm³/mol. The number of rotatable bonds is 5. The predicted octanol–water partition coefficient (Wildman–Crippen LogP) is 1.55. The van der Waals surface area contributed by atoms with E-state index in [1.165, 1.54) is 6.26 Å². The van der Waals surface area contributed by atoms with Gasteiger partial charge in [-0.15, -0.1) is 0 Å². The maximum Gasteiger partial charge on any atom is 0.302 e. The monoisotopic (exact) mass is 251 g/mol. The van der Waals surface area contributed by atoms with E-state index in [0.29, 0.717) is 0 Å². The summed E-state index contributed by atoms with van der Waals surface area (Å²) in [5.74, 6) is -0.306. The number of carbonyl (C=O) groups excluding carboxylic acids is 2. The van der Waals surface area contributed by atoms with Crippen molar-refractivity contribution >= 4 is 17.8 Å². The van der Waals surface area contributed by atoms with Crippen LogP contribution in [0.2, 0.25) is 0 Å². The van der Waals surface area contributed by atoms with Gasteiger partial charge in [0.2, 0.25) is 5.91 Å². The van der Waals surface area contributed by atoms with Crippen LogP contribution in [-0.4, -0.2) is 22.8 Å². The minimum absolute atomic E-state index is 0.0780. The minimum atomic E-state index is -0.292. The first-order valence-electron chi connectivity index (χ1n) is 6.17. The Morgan fingerprint density at radius 3 is 2.89 bits per heavy atom. The Morgan fingerprint density at radius 2 is 2.28 bits per heavy atom. The summed E-state index contributed by atoms with van der Waals surface area (Å²) in [5, 5.41) is 5.32. The van der Waals surface area contributed by atoms with E-state index in [2.05, 4.69) is 15.6 Å². The third-order valence-corrected chi connectivity index (χ3v) is 2.90. The smallest absolute Gasteiger partial charge is 0.302 e. The number of hydrogen-bond acceptors (Lipinski definition) is 4. The number of carbonyl (C=O) groups is 2. The van der Waals surface area contributed by atoms with E-state index in [0.717, 1.165) is 19.3 Å². The fraction of sp³-hybridized carbons (Fsp3) is 0.583. The Hall–Kier alpha value is -1.85. The van der Waals surface area contributed by atoms with Gasteiger partial charge >= 0.3 is 6.01 Å². The minimum Gasteiger partial charge on any atom is -0.431 e. The summed E-state index contributed by atoms with van der Waals surface area (Å²) in [4.78, 5) is 27.1. The summed E-state index contributed by atoms with van der Waals surface area (Å²) < 4.78 is 5.05. The van der Waals surface area contributed by atoms with Crippen LogP contribution >= 0.6 is 0 Å². The lowest BCUT2D eigenvalue weighted by atomic mass is 10.2. The zero-order valence-corrected chi connectivity index (χ0v) is 10.5. The van der Waals surface area contributed by atoms with E-state index in [-0.39, 0.29) is 35.5 Å². The lowest BCUT2D eigenvalue weighted by molar-refractivity contribution is -0.117. The maximum absolute atomic E-state index is 11.7. The van der Waals surface area contributed by atoms with E-state index in [1.54, 1.807) is 0 Å². The molecule has 2 N–H and O–H groups in total. The molecule has 2 rings (SSSR count). The molecule has 6 nitrogen and oxygen atoms in total. The fourth-order valence-corrected chi connectivity index (χ4v) is 1.39. The van der Waals surface area contributed by atoms with Gasteiger partial charge in [-0.2, -0.15) is 4.98 Å². The molecular weight excluding hydrogens is 234 g/mol. The molecule has 1 aliphatic rings. The molecule has 1 aromatic rings. The summed E-state index contributed by atoms with van der Waals surface area (Å²) in [6, 6.07) is 0.167. The highest BCUT2D eigenvalue weighted by molar-refractivity contribution is 5.94. The van der Waals surface area contributed by atoms with Crippen LogP contribution in [0.1, 0.15) is 43.6 Å². The van der Waals surface area contributed by atoms with Gasteiger partial charge in [-0.3, -0.25) is 14.9 Å². The van der Waals surface area contributed by atoms with Crippen LogP contribution in [0, 0.1) is 5.92 Å². The van der Waals surface area contributed by atoms with Crippen LogP contribution < -0.4 is 10.6 Å². The molecule has 1 heterocycles.